The van der Waals surface area contributed by atoms with Gasteiger partial charge in [0.25, 0.3) is 0 Å². The van der Waals surface area contributed by atoms with Crippen LogP contribution in [0.15, 0.2) is 0 Å². The molecule has 0 aromatic heterocycles. The highest BCUT2D eigenvalue weighted by molar-refractivity contribution is 6.36. The fourth-order valence-electron chi connectivity index (χ4n) is 1.95. The highest BCUT2D eigenvalue weighted by Crippen LogP contribution is 2.31. The van der Waals surface area contributed by atoms with Crippen molar-refractivity contribution in [2.24, 2.45) is 5.92 Å². The normalized spacial score (nSPS) is 29.0. The second-order valence-electron chi connectivity index (χ2n) is 3.50. The average molecular weight is 213 g/mol. The molecule has 6 heteroatoms. The molecule has 82 valence electrons. The Bertz CT molecular complexity index is 348. The molecule has 6 nitrogen and oxygen atoms in total. The summed E-state index contributed by atoms with van der Waals surface area (Å²) in [5.74, 6) is -1.23. The van der Waals surface area contributed by atoms with Gasteiger partial charge in [-0.15, -0.1) is 0 Å². The second-order valence-corrected chi connectivity index (χ2v) is 3.50. The molecule has 2 rings (SSSR count). The second kappa shape index (κ2) is 3.52. The molecule has 2 atom stereocenters. The van der Waals surface area contributed by atoms with E-state index in [9.17, 15) is 14.8 Å². The van der Waals surface area contributed by atoms with Gasteiger partial charge in [-0.25, -0.2) is 4.79 Å². The molecule has 0 aromatic rings. The van der Waals surface area contributed by atoms with Gasteiger partial charge in [0.15, 0.2) is 5.78 Å². The quantitative estimate of drug-likeness (QED) is 0.468. The maximum Gasteiger partial charge on any atom is 0.405 e. The number of Topliss-reactive ketones (excluding diaryl/α,β-unsaturated/α-hetero) is 1. The fourth-order valence-corrected chi connectivity index (χ4v) is 1.95. The molecular weight excluding hydrogens is 202 g/mol. The lowest BCUT2D eigenvalue weighted by atomic mass is 10.0. The van der Waals surface area contributed by atoms with Crippen LogP contribution in [0.1, 0.15) is 19.8 Å². The van der Waals surface area contributed by atoms with Gasteiger partial charge in [-0.1, -0.05) is 0 Å². The van der Waals surface area contributed by atoms with Gasteiger partial charge in [0.2, 0.25) is 0 Å². The van der Waals surface area contributed by atoms with Gasteiger partial charge in [0, 0.05) is 11.3 Å². The molecule has 1 saturated carbocycles. The van der Waals surface area contributed by atoms with Crippen LogP contribution in [0.4, 0.5) is 0 Å². The highest BCUT2D eigenvalue weighted by Gasteiger charge is 2.51. The van der Waals surface area contributed by atoms with E-state index in [1.165, 1.54) is 0 Å². The van der Waals surface area contributed by atoms with Crippen molar-refractivity contribution in [2.45, 2.75) is 25.9 Å². The van der Waals surface area contributed by atoms with Crippen LogP contribution < -0.4 is 0 Å². The lowest BCUT2D eigenvalue weighted by molar-refractivity contribution is -0.736. The molecular formula is C9H11NO5. The van der Waals surface area contributed by atoms with Crippen LogP contribution in [0.5, 0.6) is 0 Å². The molecule has 0 N–H and O–H groups in total. The zero-order chi connectivity index (χ0) is 11.0. The van der Waals surface area contributed by atoms with Gasteiger partial charge in [-0.3, -0.25) is 10.0 Å². The third-order valence-electron chi connectivity index (χ3n) is 2.63. The van der Waals surface area contributed by atoms with E-state index in [2.05, 4.69) is 0 Å². The molecule has 0 bridgehead atoms. The number of ether oxygens (including phenoxy) is 1. The van der Waals surface area contributed by atoms with E-state index in [4.69, 9.17) is 9.57 Å². The summed E-state index contributed by atoms with van der Waals surface area (Å²) >= 11 is 0. The van der Waals surface area contributed by atoms with E-state index in [1.807, 2.05) is 0 Å². The van der Waals surface area contributed by atoms with E-state index >= 15 is 0 Å². The molecule has 15 heavy (non-hydrogen) atoms. The van der Waals surface area contributed by atoms with E-state index in [-0.39, 0.29) is 23.0 Å². The van der Waals surface area contributed by atoms with Crippen molar-refractivity contribution in [1.82, 2.24) is 0 Å². The lowest BCUT2D eigenvalue weighted by Crippen LogP contribution is -2.29. The van der Waals surface area contributed by atoms with E-state index < -0.39 is 18.0 Å². The largest absolute Gasteiger partial charge is 0.458 e. The molecule has 2 aliphatic rings. The van der Waals surface area contributed by atoms with Gasteiger partial charge in [-0.2, -0.15) is 0 Å². The van der Waals surface area contributed by atoms with Gasteiger partial charge in [0.1, 0.15) is 6.10 Å². The van der Waals surface area contributed by atoms with Crippen LogP contribution in [0.3, 0.4) is 0 Å². The van der Waals surface area contributed by atoms with E-state index in [0.29, 0.717) is 12.8 Å². The van der Waals surface area contributed by atoms with E-state index in [1.54, 1.807) is 6.92 Å². The molecule has 0 radical (unpaired) electrons. The first-order valence-corrected chi connectivity index (χ1v) is 4.86. The average Bonchev–Trinajstić information content (AvgIpc) is 2.67. The number of hydrogen-bond acceptors (Lipinski definition) is 5. The summed E-state index contributed by atoms with van der Waals surface area (Å²) in [6, 6.07) is 0. The summed E-state index contributed by atoms with van der Waals surface area (Å²) in [6.45, 7) is 1.85. The minimum Gasteiger partial charge on any atom is -0.458 e. The zero-order valence-corrected chi connectivity index (χ0v) is 8.26. The number of fused-ring (bicyclic) bond motifs is 1. The van der Waals surface area contributed by atoms with Crippen LogP contribution in [0.2, 0.25) is 0 Å². The van der Waals surface area contributed by atoms with Gasteiger partial charge in [-0.05, 0) is 13.3 Å². The molecule has 1 heterocycles. The predicted molar refractivity (Wildman–Crippen MR) is 47.9 cm³/mol. The summed E-state index contributed by atoms with van der Waals surface area (Å²) < 4.78 is 4.73. The molecule has 1 aliphatic carbocycles. The number of rotatable bonds is 2. The smallest absolute Gasteiger partial charge is 0.405 e. The Kier molecular flexibility index (Phi) is 2.34. The lowest BCUT2D eigenvalue weighted by Gasteiger charge is -2.05. The van der Waals surface area contributed by atoms with Crippen molar-refractivity contribution in [3.05, 3.63) is 5.21 Å². The van der Waals surface area contributed by atoms with Crippen LogP contribution in [0, 0.1) is 11.1 Å². The Morgan fingerprint density at radius 3 is 3.13 bits per heavy atom. The summed E-state index contributed by atoms with van der Waals surface area (Å²) in [7, 11) is 0. The molecule has 1 aliphatic heterocycles. The summed E-state index contributed by atoms with van der Waals surface area (Å²) in [5.41, 5.74) is -0.0762. The topological polar surface area (TPSA) is 78.7 Å². The van der Waals surface area contributed by atoms with Gasteiger partial charge >= 0.3 is 11.7 Å². The molecule has 2 unspecified atom stereocenters. The standard InChI is InChI=1S/C9H11NO5/c1-2-14-9(12)7-5-3-4-6(11)8(5)15-10(7)13/h5,8H,2-4H2,1H3. The minimum absolute atomic E-state index is 0.0762. The first-order valence-electron chi connectivity index (χ1n) is 4.86. The minimum atomic E-state index is -0.776. The Labute approximate surface area is 86.0 Å². The van der Waals surface area contributed by atoms with Crippen molar-refractivity contribution in [3.8, 4) is 0 Å². The van der Waals surface area contributed by atoms with Crippen LogP contribution >= 0.6 is 0 Å². The first kappa shape index (κ1) is 9.95. The Morgan fingerprint density at radius 1 is 1.73 bits per heavy atom. The number of hydrogen-bond donors (Lipinski definition) is 0. The summed E-state index contributed by atoms with van der Waals surface area (Å²) in [6.07, 6.45) is 0.0598. The number of carbonyl (C=O) groups is 2. The van der Waals surface area contributed by atoms with Gasteiger partial charge in [0.05, 0.1) is 12.5 Å². The van der Waals surface area contributed by atoms with Crippen LogP contribution in [-0.2, 0) is 19.2 Å². The third kappa shape index (κ3) is 1.45. The Hall–Kier alpha value is -1.59. The monoisotopic (exact) mass is 213 g/mol. The summed E-state index contributed by atoms with van der Waals surface area (Å²) in [4.78, 5) is 27.6. The van der Waals surface area contributed by atoms with E-state index in [0.717, 1.165) is 0 Å². The maximum absolute atomic E-state index is 11.4. The van der Waals surface area contributed by atoms with Gasteiger partial charge < -0.3 is 9.57 Å². The fraction of sp³-hybridized carbons (Fsp3) is 0.667. The van der Waals surface area contributed by atoms with Crippen molar-refractivity contribution < 1.29 is 24.1 Å². The molecule has 0 aromatic carbocycles. The first-order chi connectivity index (χ1) is 7.15. The zero-order valence-electron chi connectivity index (χ0n) is 8.26. The third-order valence-corrected chi connectivity index (χ3v) is 2.63. The summed E-state index contributed by atoms with van der Waals surface area (Å²) in [5, 5.41) is 11.3. The molecule has 0 spiro atoms. The highest BCUT2D eigenvalue weighted by atomic mass is 16.9. The molecule has 0 saturated heterocycles. The van der Waals surface area contributed by atoms with Crippen molar-refractivity contribution >= 4 is 17.5 Å². The van der Waals surface area contributed by atoms with Crippen molar-refractivity contribution in [3.63, 3.8) is 0 Å². The molecule has 0 amide bonds. The predicted octanol–water partition coefficient (Wildman–Crippen LogP) is -0.206. The van der Waals surface area contributed by atoms with Crippen molar-refractivity contribution in [2.75, 3.05) is 6.61 Å². The number of nitrogens with zero attached hydrogens (tertiary/aromatic N) is 1. The number of esters is 1. The Morgan fingerprint density at radius 2 is 2.47 bits per heavy atom. The number of carbonyl (C=O) groups excluding carboxylic acids is 2. The Balaban J connectivity index is 2.21. The van der Waals surface area contributed by atoms with Crippen LogP contribution in [-0.4, -0.2) is 35.1 Å². The number of ketones is 1. The van der Waals surface area contributed by atoms with Crippen LogP contribution in [0.25, 0.3) is 0 Å². The molecule has 1 fully saturated rings. The SMILES string of the molecule is CCOC(=O)C1=[N+]([O-])OC2C(=O)CCC12. The van der Waals surface area contributed by atoms with Crippen molar-refractivity contribution in [1.29, 1.82) is 0 Å². The maximum atomic E-state index is 11.4.